The third kappa shape index (κ3) is 3.25. The van der Waals surface area contributed by atoms with Crippen LogP contribution in [0.3, 0.4) is 0 Å². The van der Waals surface area contributed by atoms with E-state index in [1.807, 2.05) is 38.1 Å². The molecule has 2 rings (SSSR count). The molecule has 2 unspecified atom stereocenters. The topological polar surface area (TPSA) is 79.2 Å². The summed E-state index contributed by atoms with van der Waals surface area (Å²) < 4.78 is 4.80. The van der Waals surface area contributed by atoms with Gasteiger partial charge >= 0.3 is 5.97 Å². The van der Waals surface area contributed by atoms with E-state index in [1.54, 1.807) is 0 Å². The highest BCUT2D eigenvalue weighted by molar-refractivity contribution is 8.03. The third-order valence-corrected chi connectivity index (χ3v) is 4.70. The molecule has 6 heteroatoms. The van der Waals surface area contributed by atoms with Gasteiger partial charge in [-0.1, -0.05) is 31.2 Å². The van der Waals surface area contributed by atoms with Gasteiger partial charge in [-0.15, -0.1) is 11.8 Å². The van der Waals surface area contributed by atoms with Crippen LogP contribution in [0.2, 0.25) is 0 Å². The van der Waals surface area contributed by atoms with E-state index in [2.05, 4.69) is 11.4 Å². The molecule has 0 saturated carbocycles. The molecule has 0 fully saturated rings. The molecular weight excluding hydrogens is 312 g/mol. The molecule has 0 aliphatic carbocycles. The first-order valence-electron chi connectivity index (χ1n) is 7.26. The molecule has 1 heterocycles. The van der Waals surface area contributed by atoms with Crippen LogP contribution in [0, 0.1) is 24.2 Å². The maximum atomic E-state index is 12.5. The highest BCUT2D eigenvalue weighted by Gasteiger charge is 2.44. The van der Waals surface area contributed by atoms with Crippen LogP contribution in [0.15, 0.2) is 34.9 Å². The van der Waals surface area contributed by atoms with Gasteiger partial charge in [0.2, 0.25) is 5.91 Å². The Labute approximate surface area is 139 Å². The van der Waals surface area contributed by atoms with Gasteiger partial charge in [-0.3, -0.25) is 9.59 Å². The van der Waals surface area contributed by atoms with Crippen LogP contribution >= 0.6 is 11.8 Å². The summed E-state index contributed by atoms with van der Waals surface area (Å²) in [7, 11) is 1.25. The zero-order chi connectivity index (χ0) is 17.0. The lowest BCUT2D eigenvalue weighted by atomic mass is 9.77. The van der Waals surface area contributed by atoms with Crippen molar-refractivity contribution in [1.29, 1.82) is 5.26 Å². The van der Waals surface area contributed by atoms with Crippen LogP contribution in [0.4, 0.5) is 0 Å². The second kappa shape index (κ2) is 7.34. The quantitative estimate of drug-likeness (QED) is 0.678. The molecule has 0 bridgehead atoms. The number of nitrogens with zero attached hydrogens (tertiary/aromatic N) is 1. The number of amides is 1. The molecule has 1 aliphatic heterocycles. The van der Waals surface area contributed by atoms with Crippen molar-refractivity contribution in [3.8, 4) is 6.07 Å². The SMILES string of the molecule is CCSC1=C(C#N)C(c2ccccc2C)C(C(=O)OC)C(=O)N1. The number of ether oxygens (including phenoxy) is 1. The number of methoxy groups -OCH3 is 1. The van der Waals surface area contributed by atoms with Gasteiger partial charge in [0, 0.05) is 5.92 Å². The van der Waals surface area contributed by atoms with Crippen molar-refractivity contribution >= 4 is 23.6 Å². The van der Waals surface area contributed by atoms with Gasteiger partial charge < -0.3 is 10.1 Å². The number of thioether (sulfide) groups is 1. The standard InChI is InChI=1S/C17H18N2O3S/c1-4-23-16-12(9-18)13(11-8-6-5-7-10(11)2)14(15(20)19-16)17(21)22-3/h5-8,13-14H,4H2,1-3H3,(H,19,20). The zero-order valence-corrected chi connectivity index (χ0v) is 14.1. The van der Waals surface area contributed by atoms with E-state index >= 15 is 0 Å². The summed E-state index contributed by atoms with van der Waals surface area (Å²) in [5, 5.41) is 12.8. The fourth-order valence-corrected chi connectivity index (χ4v) is 3.53. The number of carbonyl (C=O) groups excluding carboxylic acids is 2. The molecule has 120 valence electrons. The van der Waals surface area contributed by atoms with Crippen LogP contribution < -0.4 is 5.32 Å². The van der Waals surface area contributed by atoms with E-state index in [0.717, 1.165) is 11.1 Å². The Hall–Kier alpha value is -2.26. The van der Waals surface area contributed by atoms with Crippen molar-refractivity contribution in [3.05, 3.63) is 46.0 Å². The number of benzene rings is 1. The van der Waals surface area contributed by atoms with E-state index in [-0.39, 0.29) is 0 Å². The predicted molar refractivity (Wildman–Crippen MR) is 88.3 cm³/mol. The Morgan fingerprint density at radius 3 is 2.70 bits per heavy atom. The maximum absolute atomic E-state index is 12.5. The first kappa shape index (κ1) is 17.1. The third-order valence-electron chi connectivity index (χ3n) is 3.80. The molecule has 1 amide bonds. The van der Waals surface area contributed by atoms with Gasteiger partial charge in [0.15, 0.2) is 0 Å². The summed E-state index contributed by atoms with van der Waals surface area (Å²) in [6, 6.07) is 9.65. The van der Waals surface area contributed by atoms with Gasteiger partial charge in [-0.2, -0.15) is 5.26 Å². The Kier molecular flexibility index (Phi) is 5.45. The molecule has 23 heavy (non-hydrogen) atoms. The van der Waals surface area contributed by atoms with E-state index in [9.17, 15) is 14.9 Å². The van der Waals surface area contributed by atoms with Crippen LogP contribution in [0.1, 0.15) is 24.0 Å². The summed E-state index contributed by atoms with van der Waals surface area (Å²) in [6.45, 7) is 3.84. The molecule has 5 nitrogen and oxygen atoms in total. The summed E-state index contributed by atoms with van der Waals surface area (Å²) in [5.41, 5.74) is 2.12. The number of aryl methyl sites for hydroxylation is 1. The van der Waals surface area contributed by atoms with Crippen molar-refractivity contribution in [2.24, 2.45) is 5.92 Å². The molecule has 2 atom stereocenters. The van der Waals surface area contributed by atoms with Gasteiger partial charge in [0.05, 0.1) is 23.8 Å². The van der Waals surface area contributed by atoms with Gasteiger partial charge in [0.1, 0.15) is 5.92 Å². The lowest BCUT2D eigenvalue weighted by Crippen LogP contribution is -2.44. The number of rotatable bonds is 4. The monoisotopic (exact) mass is 330 g/mol. The van der Waals surface area contributed by atoms with Crippen LogP contribution in [0.25, 0.3) is 0 Å². The summed E-state index contributed by atoms with van der Waals surface area (Å²) in [4.78, 5) is 24.6. The average molecular weight is 330 g/mol. The van der Waals surface area contributed by atoms with Crippen molar-refractivity contribution in [3.63, 3.8) is 0 Å². The second-order valence-corrected chi connectivity index (χ2v) is 6.39. The average Bonchev–Trinajstić information content (AvgIpc) is 2.54. The van der Waals surface area contributed by atoms with Crippen molar-refractivity contribution < 1.29 is 14.3 Å². The molecule has 1 aliphatic rings. The van der Waals surface area contributed by atoms with E-state index in [4.69, 9.17) is 4.74 Å². The summed E-state index contributed by atoms with van der Waals surface area (Å²) >= 11 is 1.39. The highest BCUT2D eigenvalue weighted by Crippen LogP contribution is 2.41. The minimum absolute atomic E-state index is 0.404. The fourth-order valence-electron chi connectivity index (χ4n) is 2.74. The number of nitriles is 1. The first-order chi connectivity index (χ1) is 11.0. The number of esters is 1. The van der Waals surface area contributed by atoms with Crippen molar-refractivity contribution in [2.45, 2.75) is 19.8 Å². The minimum atomic E-state index is -1.06. The molecule has 1 aromatic carbocycles. The Morgan fingerprint density at radius 1 is 1.43 bits per heavy atom. The van der Waals surface area contributed by atoms with Gasteiger partial charge in [-0.05, 0) is 23.8 Å². The molecule has 0 aromatic heterocycles. The second-order valence-electron chi connectivity index (χ2n) is 5.11. The lowest BCUT2D eigenvalue weighted by Gasteiger charge is -2.31. The number of hydrogen-bond acceptors (Lipinski definition) is 5. The number of nitrogens with one attached hydrogen (secondary N) is 1. The zero-order valence-electron chi connectivity index (χ0n) is 13.3. The number of allylic oxidation sites excluding steroid dienone is 1. The smallest absolute Gasteiger partial charge is 0.319 e. The van der Waals surface area contributed by atoms with E-state index < -0.39 is 23.7 Å². The van der Waals surface area contributed by atoms with Crippen molar-refractivity contribution in [2.75, 3.05) is 12.9 Å². The van der Waals surface area contributed by atoms with E-state index in [0.29, 0.717) is 16.4 Å². The Bertz CT molecular complexity index is 706. The van der Waals surface area contributed by atoms with Crippen LogP contribution in [-0.4, -0.2) is 24.7 Å². The normalized spacial score (nSPS) is 20.7. The summed E-state index contributed by atoms with van der Waals surface area (Å²) in [6.07, 6.45) is 0. The lowest BCUT2D eigenvalue weighted by molar-refractivity contribution is -0.150. The van der Waals surface area contributed by atoms with Crippen LogP contribution in [0.5, 0.6) is 0 Å². The molecule has 0 spiro atoms. The number of carbonyl (C=O) groups is 2. The van der Waals surface area contributed by atoms with Crippen molar-refractivity contribution in [1.82, 2.24) is 5.32 Å². The van der Waals surface area contributed by atoms with Crippen LogP contribution in [-0.2, 0) is 14.3 Å². The fraction of sp³-hybridized carbons (Fsp3) is 0.353. The minimum Gasteiger partial charge on any atom is -0.468 e. The Balaban J connectivity index is 2.67. The molecule has 0 radical (unpaired) electrons. The predicted octanol–water partition coefficient (Wildman–Crippen LogP) is 2.49. The Morgan fingerprint density at radius 2 is 2.13 bits per heavy atom. The largest absolute Gasteiger partial charge is 0.468 e. The number of hydrogen-bond donors (Lipinski definition) is 1. The van der Waals surface area contributed by atoms with Gasteiger partial charge in [-0.25, -0.2) is 0 Å². The molecule has 0 saturated heterocycles. The van der Waals surface area contributed by atoms with E-state index in [1.165, 1.54) is 18.9 Å². The molecule has 1 aromatic rings. The molecule has 1 N–H and O–H groups in total. The molecular formula is C17H18N2O3S. The maximum Gasteiger partial charge on any atom is 0.319 e. The highest BCUT2D eigenvalue weighted by atomic mass is 32.2. The summed E-state index contributed by atoms with van der Waals surface area (Å²) in [5.74, 6) is -2.04. The van der Waals surface area contributed by atoms with Gasteiger partial charge in [0.25, 0.3) is 0 Å². The first-order valence-corrected chi connectivity index (χ1v) is 8.25.